The van der Waals surface area contributed by atoms with Crippen molar-refractivity contribution in [3.05, 3.63) is 18.2 Å². The minimum Gasteiger partial charge on any atom is -0.484 e. The maximum atomic E-state index is 11.4. The van der Waals surface area contributed by atoms with Crippen LogP contribution in [0.4, 0.5) is 5.13 Å². The average Bonchev–Trinajstić information content (AvgIpc) is 2.64. The van der Waals surface area contributed by atoms with Gasteiger partial charge in [-0.25, -0.2) is 4.98 Å². The number of rotatable bonds is 3. The Hall–Kier alpha value is -1.82. The van der Waals surface area contributed by atoms with Gasteiger partial charge < -0.3 is 15.4 Å². The van der Waals surface area contributed by atoms with Gasteiger partial charge in [-0.1, -0.05) is 11.3 Å². The van der Waals surface area contributed by atoms with E-state index in [4.69, 9.17) is 10.5 Å². The number of thiazole rings is 1. The van der Waals surface area contributed by atoms with Crippen LogP contribution in [0, 0.1) is 0 Å². The first kappa shape index (κ1) is 11.7. The van der Waals surface area contributed by atoms with Crippen LogP contribution in [0.2, 0.25) is 0 Å². The van der Waals surface area contributed by atoms with Gasteiger partial charge in [-0.3, -0.25) is 4.79 Å². The third-order valence-electron chi connectivity index (χ3n) is 2.24. The molecule has 1 aromatic carbocycles. The molecule has 0 unspecified atom stereocenters. The zero-order valence-corrected chi connectivity index (χ0v) is 10.5. The second kappa shape index (κ2) is 4.58. The van der Waals surface area contributed by atoms with Crippen LogP contribution in [-0.2, 0) is 4.79 Å². The van der Waals surface area contributed by atoms with Gasteiger partial charge in [-0.15, -0.1) is 0 Å². The number of nitrogen functional groups attached to an aromatic ring is 1. The van der Waals surface area contributed by atoms with Crippen molar-refractivity contribution in [3.8, 4) is 5.75 Å². The maximum absolute atomic E-state index is 11.4. The van der Waals surface area contributed by atoms with Crippen molar-refractivity contribution < 1.29 is 9.53 Å². The number of benzene rings is 1. The monoisotopic (exact) mass is 251 g/mol. The molecule has 0 aliphatic rings. The SMILES string of the molecule is CN(C)C(=O)COc1ccc2sc(N)nc2c1. The zero-order chi connectivity index (χ0) is 12.4. The van der Waals surface area contributed by atoms with E-state index in [1.165, 1.54) is 16.2 Å². The average molecular weight is 251 g/mol. The van der Waals surface area contributed by atoms with Crippen molar-refractivity contribution in [2.24, 2.45) is 0 Å². The van der Waals surface area contributed by atoms with Gasteiger partial charge in [0.05, 0.1) is 10.2 Å². The highest BCUT2D eigenvalue weighted by molar-refractivity contribution is 7.22. The van der Waals surface area contributed by atoms with Gasteiger partial charge in [-0.2, -0.15) is 0 Å². The number of hydrogen-bond acceptors (Lipinski definition) is 5. The number of carbonyl (C=O) groups excluding carboxylic acids is 1. The summed E-state index contributed by atoms with van der Waals surface area (Å²) in [5, 5.41) is 0.529. The Kier molecular flexibility index (Phi) is 3.14. The number of nitrogens with zero attached hydrogens (tertiary/aromatic N) is 2. The number of anilines is 1. The van der Waals surface area contributed by atoms with Crippen LogP contribution < -0.4 is 10.5 Å². The number of ether oxygens (including phenoxy) is 1. The summed E-state index contributed by atoms with van der Waals surface area (Å²) >= 11 is 1.43. The summed E-state index contributed by atoms with van der Waals surface area (Å²) in [6, 6.07) is 5.48. The molecule has 0 radical (unpaired) electrons. The van der Waals surface area contributed by atoms with Gasteiger partial charge in [0.15, 0.2) is 11.7 Å². The van der Waals surface area contributed by atoms with E-state index in [0.717, 1.165) is 10.2 Å². The number of carbonyl (C=O) groups is 1. The Balaban J connectivity index is 2.11. The number of likely N-dealkylation sites (N-methyl/N-ethyl adjacent to an activating group) is 1. The van der Waals surface area contributed by atoms with Gasteiger partial charge in [0.1, 0.15) is 5.75 Å². The molecule has 90 valence electrons. The summed E-state index contributed by atoms with van der Waals surface area (Å²) in [7, 11) is 3.38. The van der Waals surface area contributed by atoms with Crippen molar-refractivity contribution in [1.82, 2.24) is 9.88 Å². The standard InChI is InChI=1S/C11H13N3O2S/c1-14(2)10(15)6-16-7-3-4-9-8(5-7)13-11(12)17-9/h3-5H,6H2,1-2H3,(H2,12,13). The fourth-order valence-corrected chi connectivity index (χ4v) is 2.00. The van der Waals surface area contributed by atoms with Crippen molar-refractivity contribution in [2.75, 3.05) is 26.4 Å². The van der Waals surface area contributed by atoms with Crippen LogP contribution in [-0.4, -0.2) is 36.5 Å². The van der Waals surface area contributed by atoms with Crippen LogP contribution in [0.15, 0.2) is 18.2 Å². The maximum Gasteiger partial charge on any atom is 0.259 e. The second-order valence-electron chi connectivity index (χ2n) is 3.76. The predicted octanol–water partition coefficient (Wildman–Crippen LogP) is 1.35. The van der Waals surface area contributed by atoms with Gasteiger partial charge in [0.2, 0.25) is 0 Å². The molecule has 2 rings (SSSR count). The fraction of sp³-hybridized carbons (Fsp3) is 0.273. The van der Waals surface area contributed by atoms with E-state index in [1.807, 2.05) is 12.1 Å². The minimum absolute atomic E-state index is 0.0259. The molecule has 5 nitrogen and oxygen atoms in total. The Morgan fingerprint density at radius 3 is 3.00 bits per heavy atom. The van der Waals surface area contributed by atoms with E-state index >= 15 is 0 Å². The molecule has 17 heavy (non-hydrogen) atoms. The molecule has 0 aliphatic heterocycles. The molecule has 6 heteroatoms. The predicted molar refractivity (Wildman–Crippen MR) is 68.2 cm³/mol. The Morgan fingerprint density at radius 1 is 1.53 bits per heavy atom. The lowest BCUT2D eigenvalue weighted by Gasteiger charge is -2.11. The molecule has 2 aromatic rings. The molecular formula is C11H13N3O2S. The Morgan fingerprint density at radius 2 is 2.29 bits per heavy atom. The molecule has 0 atom stereocenters. The van der Waals surface area contributed by atoms with Gasteiger partial charge in [-0.05, 0) is 12.1 Å². The molecule has 0 aliphatic carbocycles. The molecule has 0 saturated carbocycles. The van der Waals surface area contributed by atoms with Crippen molar-refractivity contribution in [3.63, 3.8) is 0 Å². The lowest BCUT2D eigenvalue weighted by atomic mass is 10.3. The van der Waals surface area contributed by atoms with Crippen LogP contribution >= 0.6 is 11.3 Å². The molecule has 0 spiro atoms. The largest absolute Gasteiger partial charge is 0.484 e. The highest BCUT2D eigenvalue weighted by Gasteiger charge is 2.06. The van der Waals surface area contributed by atoms with Crippen LogP contribution in [0.25, 0.3) is 10.2 Å². The first-order valence-corrected chi connectivity index (χ1v) is 5.87. The quantitative estimate of drug-likeness (QED) is 0.894. The highest BCUT2D eigenvalue weighted by atomic mass is 32.1. The lowest BCUT2D eigenvalue weighted by molar-refractivity contribution is -0.130. The molecule has 0 bridgehead atoms. The zero-order valence-electron chi connectivity index (χ0n) is 9.64. The lowest BCUT2D eigenvalue weighted by Crippen LogP contribution is -2.27. The molecule has 0 saturated heterocycles. The molecule has 1 aromatic heterocycles. The number of fused-ring (bicyclic) bond motifs is 1. The van der Waals surface area contributed by atoms with Gasteiger partial charge >= 0.3 is 0 Å². The molecular weight excluding hydrogens is 238 g/mol. The van der Waals surface area contributed by atoms with E-state index in [1.54, 1.807) is 20.2 Å². The molecule has 0 fully saturated rings. The fourth-order valence-electron chi connectivity index (χ4n) is 1.29. The smallest absolute Gasteiger partial charge is 0.259 e. The summed E-state index contributed by atoms with van der Waals surface area (Å²) in [5.41, 5.74) is 6.40. The van der Waals surface area contributed by atoms with E-state index in [-0.39, 0.29) is 12.5 Å². The third kappa shape index (κ3) is 2.65. The normalized spacial score (nSPS) is 10.5. The first-order valence-electron chi connectivity index (χ1n) is 5.05. The summed E-state index contributed by atoms with van der Waals surface area (Å²) in [5.74, 6) is 0.542. The van der Waals surface area contributed by atoms with Crippen LogP contribution in [0.3, 0.4) is 0 Å². The summed E-state index contributed by atoms with van der Waals surface area (Å²) in [6.45, 7) is 0.0259. The van der Waals surface area contributed by atoms with Crippen LogP contribution in [0.1, 0.15) is 0 Å². The first-order chi connectivity index (χ1) is 8.06. The van der Waals surface area contributed by atoms with E-state index < -0.39 is 0 Å². The topological polar surface area (TPSA) is 68.5 Å². The second-order valence-corrected chi connectivity index (χ2v) is 4.82. The number of aromatic nitrogens is 1. The Bertz CT molecular complexity index is 551. The van der Waals surface area contributed by atoms with Crippen molar-refractivity contribution in [2.45, 2.75) is 0 Å². The number of hydrogen-bond donors (Lipinski definition) is 1. The Labute approximate surface area is 103 Å². The van der Waals surface area contributed by atoms with Crippen molar-refractivity contribution >= 4 is 32.6 Å². The van der Waals surface area contributed by atoms with E-state index in [2.05, 4.69) is 4.98 Å². The summed E-state index contributed by atoms with van der Waals surface area (Å²) in [6.07, 6.45) is 0. The number of nitrogens with two attached hydrogens (primary N) is 1. The third-order valence-corrected chi connectivity index (χ3v) is 3.10. The van der Waals surface area contributed by atoms with E-state index in [0.29, 0.717) is 10.9 Å². The molecule has 1 amide bonds. The van der Waals surface area contributed by atoms with Gasteiger partial charge in [0.25, 0.3) is 5.91 Å². The number of amides is 1. The van der Waals surface area contributed by atoms with Crippen LogP contribution in [0.5, 0.6) is 5.75 Å². The molecule has 2 N–H and O–H groups in total. The highest BCUT2D eigenvalue weighted by Crippen LogP contribution is 2.27. The van der Waals surface area contributed by atoms with E-state index in [9.17, 15) is 4.79 Å². The van der Waals surface area contributed by atoms with Gasteiger partial charge in [0, 0.05) is 20.2 Å². The summed E-state index contributed by atoms with van der Waals surface area (Å²) in [4.78, 5) is 17.0. The summed E-state index contributed by atoms with van der Waals surface area (Å²) < 4.78 is 6.39. The minimum atomic E-state index is -0.0807. The molecule has 1 heterocycles. The van der Waals surface area contributed by atoms with Crippen molar-refractivity contribution in [1.29, 1.82) is 0 Å².